The molecule has 3 aromatic rings. The molecule has 1 N–H and O–H groups in total. The summed E-state index contributed by atoms with van der Waals surface area (Å²) in [4.78, 5) is 12.3. The van der Waals surface area contributed by atoms with E-state index in [1.54, 1.807) is 18.4 Å². The number of benzene rings is 2. The summed E-state index contributed by atoms with van der Waals surface area (Å²) < 4.78 is 39.9. The highest BCUT2D eigenvalue weighted by Crippen LogP contribution is 2.29. The molecule has 0 radical (unpaired) electrons. The molecule has 0 unspecified atom stereocenters. The first kappa shape index (κ1) is 19.7. The molecule has 0 aliphatic rings. The van der Waals surface area contributed by atoms with E-state index in [1.807, 2.05) is 26.0 Å². The van der Waals surface area contributed by atoms with E-state index in [0.717, 1.165) is 27.7 Å². The summed E-state index contributed by atoms with van der Waals surface area (Å²) in [6, 6.07) is 8.50. The third kappa shape index (κ3) is 4.24. The van der Waals surface area contributed by atoms with Crippen LogP contribution < -0.4 is 14.8 Å². The van der Waals surface area contributed by atoms with E-state index < -0.39 is 6.61 Å². The van der Waals surface area contributed by atoms with Crippen LogP contribution in [-0.4, -0.2) is 19.6 Å². The van der Waals surface area contributed by atoms with E-state index in [4.69, 9.17) is 9.15 Å². The SMILES string of the molecule is COc1cc(CNC(=O)Cc2coc3c(C)c(C)ccc23)ccc1OC(F)F. The summed E-state index contributed by atoms with van der Waals surface area (Å²) >= 11 is 0. The maximum Gasteiger partial charge on any atom is 0.387 e. The Morgan fingerprint density at radius 1 is 1.18 bits per heavy atom. The molecule has 0 aliphatic heterocycles. The van der Waals surface area contributed by atoms with E-state index in [9.17, 15) is 13.6 Å². The molecule has 1 amide bonds. The summed E-state index contributed by atoms with van der Waals surface area (Å²) in [7, 11) is 1.36. The Morgan fingerprint density at radius 2 is 1.96 bits per heavy atom. The Labute approximate surface area is 161 Å². The second-order valence-corrected chi connectivity index (χ2v) is 6.46. The summed E-state index contributed by atoms with van der Waals surface area (Å²) in [5, 5.41) is 3.74. The fourth-order valence-corrected chi connectivity index (χ4v) is 2.98. The van der Waals surface area contributed by atoms with Crippen molar-refractivity contribution in [3.63, 3.8) is 0 Å². The number of hydrogen-bond donors (Lipinski definition) is 1. The number of carbonyl (C=O) groups is 1. The molecule has 0 fully saturated rings. The molecule has 0 aliphatic carbocycles. The number of aryl methyl sites for hydroxylation is 2. The summed E-state index contributed by atoms with van der Waals surface area (Å²) in [5.41, 5.74) is 4.50. The Kier molecular flexibility index (Phi) is 5.82. The number of amides is 1. The first-order valence-corrected chi connectivity index (χ1v) is 8.73. The monoisotopic (exact) mass is 389 g/mol. The highest BCUT2D eigenvalue weighted by Gasteiger charge is 2.14. The maximum atomic E-state index is 12.4. The maximum absolute atomic E-state index is 12.4. The van der Waals surface area contributed by atoms with E-state index in [0.29, 0.717) is 5.56 Å². The van der Waals surface area contributed by atoms with Crippen LogP contribution in [0.15, 0.2) is 41.0 Å². The number of halogens is 2. The molecule has 0 saturated heterocycles. The van der Waals surface area contributed by atoms with Gasteiger partial charge >= 0.3 is 6.61 Å². The van der Waals surface area contributed by atoms with Crippen molar-refractivity contribution in [3.8, 4) is 11.5 Å². The van der Waals surface area contributed by atoms with Crippen molar-refractivity contribution >= 4 is 16.9 Å². The Balaban J connectivity index is 1.65. The molecule has 5 nitrogen and oxygen atoms in total. The molecule has 2 aromatic carbocycles. The number of fused-ring (bicyclic) bond motifs is 1. The van der Waals surface area contributed by atoms with Crippen molar-refractivity contribution in [2.45, 2.75) is 33.4 Å². The van der Waals surface area contributed by atoms with Crippen molar-refractivity contribution < 1.29 is 27.5 Å². The molecule has 28 heavy (non-hydrogen) atoms. The third-order valence-corrected chi connectivity index (χ3v) is 4.63. The average molecular weight is 389 g/mol. The van der Waals surface area contributed by atoms with Crippen LogP contribution in [0.1, 0.15) is 22.3 Å². The van der Waals surface area contributed by atoms with Crippen molar-refractivity contribution in [2.24, 2.45) is 0 Å². The number of nitrogens with one attached hydrogen (secondary N) is 1. The zero-order valence-corrected chi connectivity index (χ0v) is 15.8. The smallest absolute Gasteiger partial charge is 0.387 e. The standard InChI is InChI=1S/C21H21F2NO4/c1-12-4-6-16-15(11-27-20(16)13(12)2)9-19(25)24-10-14-5-7-17(28-21(22)23)18(8-14)26-3/h4-8,11,21H,9-10H2,1-3H3,(H,24,25). The van der Waals surface area contributed by atoms with E-state index in [-0.39, 0.29) is 30.4 Å². The van der Waals surface area contributed by atoms with Crippen molar-refractivity contribution in [2.75, 3.05) is 7.11 Å². The van der Waals surface area contributed by atoms with Gasteiger partial charge in [0, 0.05) is 17.5 Å². The van der Waals surface area contributed by atoms with Gasteiger partial charge in [-0.25, -0.2) is 0 Å². The first-order valence-electron chi connectivity index (χ1n) is 8.73. The molecule has 1 heterocycles. The zero-order chi connectivity index (χ0) is 20.3. The van der Waals surface area contributed by atoms with Gasteiger partial charge in [-0.3, -0.25) is 4.79 Å². The summed E-state index contributed by atoms with van der Waals surface area (Å²) in [5.74, 6) is -0.0466. The summed E-state index contributed by atoms with van der Waals surface area (Å²) in [6.07, 6.45) is 1.79. The predicted molar refractivity (Wildman–Crippen MR) is 101 cm³/mol. The highest BCUT2D eigenvalue weighted by atomic mass is 19.3. The second kappa shape index (κ2) is 8.29. The lowest BCUT2D eigenvalue weighted by Crippen LogP contribution is -2.24. The van der Waals surface area contributed by atoms with E-state index in [1.165, 1.54) is 13.2 Å². The van der Waals surface area contributed by atoms with Crippen LogP contribution in [0, 0.1) is 13.8 Å². The van der Waals surface area contributed by atoms with Gasteiger partial charge < -0.3 is 19.2 Å². The molecule has 7 heteroatoms. The van der Waals surface area contributed by atoms with Crippen molar-refractivity contribution in [1.82, 2.24) is 5.32 Å². The Hall–Kier alpha value is -3.09. The molecule has 0 atom stereocenters. The van der Waals surface area contributed by atoms with Crippen molar-refractivity contribution in [1.29, 1.82) is 0 Å². The molecular weight excluding hydrogens is 368 g/mol. The van der Waals surface area contributed by atoms with Gasteiger partial charge in [0.2, 0.25) is 5.91 Å². The van der Waals surface area contributed by atoms with Crippen LogP contribution in [0.3, 0.4) is 0 Å². The minimum absolute atomic E-state index is 0.0527. The molecule has 148 valence electrons. The normalized spacial score (nSPS) is 11.1. The molecule has 0 bridgehead atoms. The van der Waals surface area contributed by atoms with Crippen LogP contribution in [0.25, 0.3) is 11.0 Å². The van der Waals surface area contributed by atoms with Crippen molar-refractivity contribution in [3.05, 3.63) is 58.8 Å². The van der Waals surface area contributed by atoms with Crippen LogP contribution in [-0.2, 0) is 17.8 Å². The number of rotatable bonds is 7. The van der Waals surface area contributed by atoms with E-state index in [2.05, 4.69) is 10.1 Å². The topological polar surface area (TPSA) is 60.7 Å². The molecule has 0 saturated carbocycles. The van der Waals surface area contributed by atoms with Gasteiger partial charge in [0.05, 0.1) is 19.8 Å². The highest BCUT2D eigenvalue weighted by molar-refractivity contribution is 5.89. The number of methoxy groups -OCH3 is 1. The molecular formula is C21H21F2NO4. The molecule has 0 spiro atoms. The minimum Gasteiger partial charge on any atom is -0.493 e. The van der Waals surface area contributed by atoms with E-state index >= 15 is 0 Å². The predicted octanol–water partition coefficient (Wildman–Crippen LogP) is 4.52. The van der Waals surface area contributed by atoms with Crippen LogP contribution in [0.2, 0.25) is 0 Å². The van der Waals surface area contributed by atoms with Gasteiger partial charge in [0.25, 0.3) is 0 Å². The molecule has 1 aromatic heterocycles. The van der Waals surface area contributed by atoms with Gasteiger partial charge in [-0.1, -0.05) is 18.2 Å². The van der Waals surface area contributed by atoms with Gasteiger partial charge in [-0.15, -0.1) is 0 Å². The lowest BCUT2D eigenvalue weighted by atomic mass is 10.0. The number of hydrogen-bond acceptors (Lipinski definition) is 4. The quantitative estimate of drug-likeness (QED) is 0.646. The van der Waals surface area contributed by atoms with Gasteiger partial charge in [-0.2, -0.15) is 8.78 Å². The van der Waals surface area contributed by atoms with Crippen LogP contribution in [0.5, 0.6) is 11.5 Å². The van der Waals surface area contributed by atoms with Gasteiger partial charge in [0.15, 0.2) is 11.5 Å². The Morgan fingerprint density at radius 3 is 2.68 bits per heavy atom. The average Bonchev–Trinajstić information content (AvgIpc) is 3.06. The molecule has 3 rings (SSSR count). The van der Waals surface area contributed by atoms with Crippen LogP contribution >= 0.6 is 0 Å². The number of carbonyl (C=O) groups excluding carboxylic acids is 1. The second-order valence-electron chi connectivity index (χ2n) is 6.46. The van der Waals surface area contributed by atoms with Crippen LogP contribution in [0.4, 0.5) is 8.78 Å². The first-order chi connectivity index (χ1) is 13.4. The minimum atomic E-state index is -2.93. The Bertz CT molecular complexity index is 997. The summed E-state index contributed by atoms with van der Waals surface area (Å²) in [6.45, 7) is 1.30. The zero-order valence-electron chi connectivity index (χ0n) is 15.8. The third-order valence-electron chi connectivity index (χ3n) is 4.63. The number of ether oxygens (including phenoxy) is 2. The fraction of sp³-hybridized carbons (Fsp3) is 0.286. The lowest BCUT2D eigenvalue weighted by molar-refractivity contribution is -0.120. The fourth-order valence-electron chi connectivity index (χ4n) is 2.98. The number of alkyl halides is 2. The lowest BCUT2D eigenvalue weighted by Gasteiger charge is -2.12. The van der Waals surface area contributed by atoms with Gasteiger partial charge in [0.1, 0.15) is 5.58 Å². The largest absolute Gasteiger partial charge is 0.493 e. The number of furan rings is 1. The van der Waals surface area contributed by atoms with Gasteiger partial charge in [-0.05, 0) is 42.7 Å².